The van der Waals surface area contributed by atoms with Crippen LogP contribution in [0.2, 0.25) is 0 Å². The molecule has 0 aromatic heterocycles. The summed E-state index contributed by atoms with van der Waals surface area (Å²) in [4.78, 5) is 11.1. The molecule has 0 amide bonds. The van der Waals surface area contributed by atoms with Gasteiger partial charge in [0.25, 0.3) is 0 Å². The minimum atomic E-state index is -1.40. The van der Waals surface area contributed by atoms with Crippen LogP contribution >= 0.6 is 11.8 Å². The number of ether oxygens (including phenoxy) is 1. The number of carbonyl (C=O) groups is 1. The molecule has 0 fully saturated rings. The molecular formula is C9H19NO3S. The lowest BCUT2D eigenvalue weighted by Gasteiger charge is -2.20. The van der Waals surface area contributed by atoms with Crippen LogP contribution in [0.1, 0.15) is 13.8 Å². The zero-order valence-electron chi connectivity index (χ0n) is 8.95. The first kappa shape index (κ1) is 13.7. The predicted molar refractivity (Wildman–Crippen MR) is 58.2 cm³/mol. The summed E-state index contributed by atoms with van der Waals surface area (Å²) in [5.41, 5.74) is 4.05. The molecule has 2 unspecified atom stereocenters. The van der Waals surface area contributed by atoms with Gasteiger partial charge in [0.15, 0.2) is 5.60 Å². The van der Waals surface area contributed by atoms with Gasteiger partial charge in [-0.05, 0) is 25.1 Å². The number of hydrogen-bond acceptors (Lipinski definition) is 5. The summed E-state index contributed by atoms with van der Waals surface area (Å²) in [6.07, 6.45) is 0. The Labute approximate surface area is 89.2 Å². The second-order valence-electron chi connectivity index (χ2n) is 3.62. The topological polar surface area (TPSA) is 72.5 Å². The highest BCUT2D eigenvalue weighted by atomic mass is 32.2. The van der Waals surface area contributed by atoms with Gasteiger partial charge in [0.05, 0.1) is 7.11 Å². The molecule has 0 saturated carbocycles. The molecule has 0 saturated heterocycles. The highest BCUT2D eigenvalue weighted by molar-refractivity contribution is 7.99. The number of thioether (sulfide) groups is 1. The molecule has 0 aliphatic heterocycles. The smallest absolute Gasteiger partial charge is 0.338 e. The molecule has 0 aliphatic rings. The van der Waals surface area contributed by atoms with E-state index < -0.39 is 11.6 Å². The molecule has 0 aromatic carbocycles. The maximum Gasteiger partial charge on any atom is 0.338 e. The molecule has 2 atom stereocenters. The average Bonchev–Trinajstić information content (AvgIpc) is 2.15. The zero-order valence-corrected chi connectivity index (χ0v) is 9.76. The number of aliphatic hydroxyl groups is 1. The predicted octanol–water partition coefficient (Wildman–Crippen LogP) is 0.238. The Morgan fingerprint density at radius 2 is 2.29 bits per heavy atom. The van der Waals surface area contributed by atoms with Crippen molar-refractivity contribution in [2.45, 2.75) is 19.4 Å². The van der Waals surface area contributed by atoms with Crippen molar-refractivity contribution in [1.82, 2.24) is 0 Å². The maximum absolute atomic E-state index is 11.1. The average molecular weight is 221 g/mol. The van der Waals surface area contributed by atoms with Gasteiger partial charge in [0.2, 0.25) is 0 Å². The van der Waals surface area contributed by atoms with E-state index in [2.05, 4.69) is 4.74 Å². The molecule has 3 N–H and O–H groups in total. The Balaban J connectivity index is 3.82. The summed E-state index contributed by atoms with van der Waals surface area (Å²) in [5.74, 6) is 0.979. The monoisotopic (exact) mass is 221 g/mol. The summed E-state index contributed by atoms with van der Waals surface area (Å²) in [6, 6.07) is 0. The summed E-state index contributed by atoms with van der Waals surface area (Å²) in [6.45, 7) is 4.10. The standard InChI is InChI=1S/C9H19NO3S/c1-7(4-10)5-14-6-9(2,12)8(11)13-3/h7,12H,4-6,10H2,1-3H3. The van der Waals surface area contributed by atoms with Gasteiger partial charge in [0, 0.05) is 5.75 Å². The zero-order chi connectivity index (χ0) is 11.2. The van der Waals surface area contributed by atoms with E-state index in [0.717, 1.165) is 5.75 Å². The SMILES string of the molecule is COC(=O)C(C)(O)CSCC(C)CN. The van der Waals surface area contributed by atoms with E-state index in [1.165, 1.54) is 25.8 Å². The van der Waals surface area contributed by atoms with E-state index in [1.807, 2.05) is 6.92 Å². The van der Waals surface area contributed by atoms with Crippen molar-refractivity contribution in [3.8, 4) is 0 Å². The van der Waals surface area contributed by atoms with Crippen LogP contribution in [0.15, 0.2) is 0 Å². The Hall–Kier alpha value is -0.260. The molecular weight excluding hydrogens is 202 g/mol. The second kappa shape index (κ2) is 6.27. The first-order valence-electron chi connectivity index (χ1n) is 4.52. The number of esters is 1. The van der Waals surface area contributed by atoms with Crippen LogP contribution in [-0.2, 0) is 9.53 Å². The quantitative estimate of drug-likeness (QED) is 0.629. The van der Waals surface area contributed by atoms with E-state index in [9.17, 15) is 9.90 Å². The van der Waals surface area contributed by atoms with Crippen LogP contribution in [0.4, 0.5) is 0 Å². The van der Waals surface area contributed by atoms with E-state index in [4.69, 9.17) is 5.73 Å². The van der Waals surface area contributed by atoms with Crippen molar-refractivity contribution in [3.05, 3.63) is 0 Å². The van der Waals surface area contributed by atoms with Crippen molar-refractivity contribution >= 4 is 17.7 Å². The fourth-order valence-corrected chi connectivity index (χ4v) is 1.98. The Morgan fingerprint density at radius 3 is 2.71 bits per heavy atom. The van der Waals surface area contributed by atoms with Gasteiger partial charge in [-0.25, -0.2) is 4.79 Å². The second-order valence-corrected chi connectivity index (χ2v) is 4.65. The molecule has 0 spiro atoms. The Morgan fingerprint density at radius 1 is 1.71 bits per heavy atom. The molecule has 0 bridgehead atoms. The summed E-state index contributed by atoms with van der Waals surface area (Å²) in [5, 5.41) is 9.64. The van der Waals surface area contributed by atoms with Gasteiger partial charge in [-0.2, -0.15) is 11.8 Å². The van der Waals surface area contributed by atoms with Crippen molar-refractivity contribution < 1.29 is 14.6 Å². The molecule has 0 radical (unpaired) electrons. The van der Waals surface area contributed by atoms with E-state index in [-0.39, 0.29) is 0 Å². The molecule has 14 heavy (non-hydrogen) atoms. The molecule has 0 rings (SSSR count). The third-order valence-corrected chi connectivity index (χ3v) is 3.38. The van der Waals surface area contributed by atoms with Crippen LogP contribution in [0.3, 0.4) is 0 Å². The third kappa shape index (κ3) is 4.83. The third-order valence-electron chi connectivity index (χ3n) is 1.81. The Kier molecular flexibility index (Phi) is 6.15. The summed E-state index contributed by atoms with van der Waals surface area (Å²) >= 11 is 1.51. The van der Waals surface area contributed by atoms with Gasteiger partial charge in [-0.15, -0.1) is 0 Å². The van der Waals surface area contributed by atoms with Crippen LogP contribution in [-0.4, -0.2) is 41.8 Å². The van der Waals surface area contributed by atoms with E-state index in [0.29, 0.717) is 18.2 Å². The molecule has 0 aromatic rings. The van der Waals surface area contributed by atoms with Crippen molar-refractivity contribution in [3.63, 3.8) is 0 Å². The molecule has 0 heterocycles. The minimum Gasteiger partial charge on any atom is -0.467 e. The molecule has 4 nitrogen and oxygen atoms in total. The fraction of sp³-hybridized carbons (Fsp3) is 0.889. The highest BCUT2D eigenvalue weighted by Gasteiger charge is 2.31. The van der Waals surface area contributed by atoms with E-state index in [1.54, 1.807) is 0 Å². The first-order valence-corrected chi connectivity index (χ1v) is 5.68. The number of nitrogens with two attached hydrogens (primary N) is 1. The number of hydrogen-bond donors (Lipinski definition) is 2. The normalized spacial score (nSPS) is 17.2. The van der Waals surface area contributed by atoms with Crippen LogP contribution in [0, 0.1) is 5.92 Å². The lowest BCUT2D eigenvalue weighted by Crippen LogP contribution is -2.39. The van der Waals surface area contributed by atoms with Crippen LogP contribution in [0.5, 0.6) is 0 Å². The van der Waals surface area contributed by atoms with Gasteiger partial charge >= 0.3 is 5.97 Å². The fourth-order valence-electron chi connectivity index (χ4n) is 0.806. The van der Waals surface area contributed by atoms with Gasteiger partial charge in [-0.1, -0.05) is 6.92 Å². The lowest BCUT2D eigenvalue weighted by molar-refractivity contribution is -0.158. The highest BCUT2D eigenvalue weighted by Crippen LogP contribution is 2.16. The molecule has 5 heteroatoms. The largest absolute Gasteiger partial charge is 0.467 e. The summed E-state index contributed by atoms with van der Waals surface area (Å²) < 4.78 is 4.47. The summed E-state index contributed by atoms with van der Waals surface area (Å²) in [7, 11) is 1.27. The minimum absolute atomic E-state index is 0.337. The van der Waals surface area contributed by atoms with Crippen molar-refractivity contribution in [1.29, 1.82) is 0 Å². The van der Waals surface area contributed by atoms with Crippen LogP contribution in [0.25, 0.3) is 0 Å². The molecule has 0 aliphatic carbocycles. The number of carbonyl (C=O) groups excluding carboxylic acids is 1. The van der Waals surface area contributed by atoms with Crippen LogP contribution < -0.4 is 5.73 Å². The van der Waals surface area contributed by atoms with Gasteiger partial charge in [0.1, 0.15) is 0 Å². The number of rotatable bonds is 6. The van der Waals surface area contributed by atoms with Gasteiger partial charge < -0.3 is 15.6 Å². The Bertz CT molecular complexity index is 185. The number of methoxy groups -OCH3 is 1. The van der Waals surface area contributed by atoms with Crippen molar-refractivity contribution in [2.75, 3.05) is 25.2 Å². The maximum atomic E-state index is 11.1. The van der Waals surface area contributed by atoms with Gasteiger partial charge in [-0.3, -0.25) is 0 Å². The lowest BCUT2D eigenvalue weighted by atomic mass is 10.1. The van der Waals surface area contributed by atoms with Crippen molar-refractivity contribution in [2.24, 2.45) is 11.7 Å². The van der Waals surface area contributed by atoms with E-state index >= 15 is 0 Å². The first-order chi connectivity index (χ1) is 6.44. The molecule has 84 valence electrons.